The van der Waals surface area contributed by atoms with Gasteiger partial charge in [-0.15, -0.1) is 23.5 Å². The van der Waals surface area contributed by atoms with E-state index >= 15 is 0 Å². The maximum absolute atomic E-state index is 11.2. The number of hydrogen-bond acceptors (Lipinski definition) is 7. The number of fused-ring (bicyclic) bond motifs is 1. The van der Waals surface area contributed by atoms with Gasteiger partial charge in [-0.3, -0.25) is 0 Å². The highest BCUT2D eigenvalue weighted by Crippen LogP contribution is 2.50. The van der Waals surface area contributed by atoms with Crippen LogP contribution in [0.2, 0.25) is 0 Å². The molecule has 3 heterocycles. The number of rotatable bonds is 11. The Bertz CT molecular complexity index is 498. The summed E-state index contributed by atoms with van der Waals surface area (Å²) in [5.41, 5.74) is 0. The number of aliphatic hydroxyl groups is 1. The predicted octanol–water partition coefficient (Wildman–Crippen LogP) is 4.95. The number of hydrogen-bond donors (Lipinski definition) is 1. The lowest BCUT2D eigenvalue weighted by atomic mass is 9.99. The number of ether oxygens (including phenoxy) is 4. The zero-order chi connectivity index (χ0) is 20.9. The number of unbranched alkanes of at least 4 members (excludes halogenated alkanes) is 5. The van der Waals surface area contributed by atoms with Crippen molar-refractivity contribution in [2.75, 3.05) is 18.6 Å². The van der Waals surface area contributed by atoms with Crippen LogP contribution in [0, 0.1) is 0 Å². The third-order valence-corrected chi connectivity index (χ3v) is 9.60. The second-order valence-corrected chi connectivity index (χ2v) is 12.2. The molecular weight excluding hydrogens is 408 g/mol. The fourth-order valence-corrected chi connectivity index (χ4v) is 8.17. The molecule has 3 aliphatic rings. The smallest absolute Gasteiger partial charge is 0.186 e. The van der Waals surface area contributed by atoms with E-state index in [1.165, 1.54) is 56.5 Å². The molecular formula is C22H40O5S2. The first-order valence-electron chi connectivity index (χ1n) is 11.4. The molecule has 7 heteroatoms. The molecule has 3 aliphatic heterocycles. The quantitative estimate of drug-likeness (QED) is 0.449. The summed E-state index contributed by atoms with van der Waals surface area (Å²) in [5.74, 6) is 1.69. The maximum Gasteiger partial charge on any atom is 0.186 e. The maximum atomic E-state index is 11.2. The van der Waals surface area contributed by atoms with E-state index in [1.54, 1.807) is 7.11 Å². The highest BCUT2D eigenvalue weighted by atomic mass is 32.2. The van der Waals surface area contributed by atoms with Crippen LogP contribution in [-0.4, -0.2) is 64.3 Å². The lowest BCUT2D eigenvalue weighted by molar-refractivity contribution is -0.237. The lowest BCUT2D eigenvalue weighted by Gasteiger charge is -2.39. The average molecular weight is 449 g/mol. The van der Waals surface area contributed by atoms with E-state index in [0.29, 0.717) is 0 Å². The van der Waals surface area contributed by atoms with Crippen molar-refractivity contribution in [3.8, 4) is 0 Å². The van der Waals surface area contributed by atoms with Gasteiger partial charge in [-0.05, 0) is 44.6 Å². The van der Waals surface area contributed by atoms with Gasteiger partial charge in [-0.2, -0.15) is 0 Å². The minimum atomic E-state index is -0.668. The van der Waals surface area contributed by atoms with Crippen LogP contribution < -0.4 is 0 Å². The lowest BCUT2D eigenvalue weighted by Crippen LogP contribution is -2.42. The molecule has 29 heavy (non-hydrogen) atoms. The molecule has 0 radical (unpaired) electrons. The van der Waals surface area contributed by atoms with Crippen molar-refractivity contribution < 1.29 is 24.1 Å². The van der Waals surface area contributed by atoms with Gasteiger partial charge >= 0.3 is 0 Å². The van der Waals surface area contributed by atoms with E-state index in [1.807, 2.05) is 37.4 Å². The Morgan fingerprint density at radius 1 is 1.03 bits per heavy atom. The van der Waals surface area contributed by atoms with Gasteiger partial charge in [0.05, 0.1) is 10.2 Å². The number of thioether (sulfide) groups is 2. The summed E-state index contributed by atoms with van der Waals surface area (Å²) in [6, 6.07) is 0. The first kappa shape index (κ1) is 24.1. The summed E-state index contributed by atoms with van der Waals surface area (Å²) >= 11 is 4.08. The molecule has 0 spiro atoms. The molecule has 0 bridgehead atoms. The second kappa shape index (κ2) is 10.9. The normalized spacial score (nSPS) is 34.2. The van der Waals surface area contributed by atoms with E-state index in [2.05, 4.69) is 6.92 Å². The molecule has 1 N–H and O–H groups in total. The molecule has 5 nitrogen and oxygen atoms in total. The molecule has 0 aromatic carbocycles. The molecule has 3 saturated heterocycles. The van der Waals surface area contributed by atoms with Crippen molar-refractivity contribution in [2.45, 2.75) is 119 Å². The summed E-state index contributed by atoms with van der Waals surface area (Å²) in [6.07, 6.45) is 8.93. The Hall–Kier alpha value is 0.500. The van der Waals surface area contributed by atoms with Crippen LogP contribution in [0.5, 0.6) is 0 Å². The van der Waals surface area contributed by atoms with Crippen LogP contribution in [-0.2, 0) is 18.9 Å². The van der Waals surface area contributed by atoms with Crippen LogP contribution in [0.4, 0.5) is 0 Å². The van der Waals surface area contributed by atoms with Crippen molar-refractivity contribution in [2.24, 2.45) is 0 Å². The first-order chi connectivity index (χ1) is 13.9. The molecule has 0 amide bonds. The van der Waals surface area contributed by atoms with Gasteiger partial charge in [0.1, 0.15) is 18.3 Å². The van der Waals surface area contributed by atoms with E-state index in [9.17, 15) is 5.11 Å². The van der Waals surface area contributed by atoms with E-state index < -0.39 is 24.3 Å². The van der Waals surface area contributed by atoms with Crippen molar-refractivity contribution in [1.82, 2.24) is 0 Å². The molecule has 0 aliphatic carbocycles. The van der Waals surface area contributed by atoms with Gasteiger partial charge < -0.3 is 24.1 Å². The van der Waals surface area contributed by atoms with Crippen LogP contribution in [0.15, 0.2) is 0 Å². The van der Waals surface area contributed by atoms with Gasteiger partial charge in [0.25, 0.3) is 0 Å². The second-order valence-electron chi connectivity index (χ2n) is 9.02. The largest absolute Gasteiger partial charge is 0.390 e. The SMILES string of the molecule is CCCCCCCCC1(C[C@@H](O)[C@H]2O[C@H](OC)[C@H]3OC(C)(C)O[C@H]32)SCCCS1. The van der Waals surface area contributed by atoms with Crippen molar-refractivity contribution in [3.63, 3.8) is 0 Å². The molecule has 170 valence electrons. The van der Waals surface area contributed by atoms with Gasteiger partial charge in [-0.1, -0.05) is 45.4 Å². The van der Waals surface area contributed by atoms with Gasteiger partial charge in [0.2, 0.25) is 0 Å². The molecule has 0 saturated carbocycles. The molecule has 0 unspecified atom stereocenters. The monoisotopic (exact) mass is 448 g/mol. The number of aliphatic hydroxyl groups excluding tert-OH is 1. The fraction of sp³-hybridized carbons (Fsp3) is 1.00. The highest BCUT2D eigenvalue weighted by molar-refractivity contribution is 8.18. The number of methoxy groups -OCH3 is 1. The molecule has 3 rings (SSSR count). The van der Waals surface area contributed by atoms with Crippen LogP contribution in [0.25, 0.3) is 0 Å². The summed E-state index contributed by atoms with van der Waals surface area (Å²) < 4.78 is 23.7. The Labute approximate surface area is 185 Å². The Morgan fingerprint density at radius 3 is 2.38 bits per heavy atom. The third-order valence-electron chi connectivity index (χ3n) is 6.11. The van der Waals surface area contributed by atoms with Crippen LogP contribution >= 0.6 is 23.5 Å². The highest BCUT2D eigenvalue weighted by Gasteiger charge is 2.58. The zero-order valence-electron chi connectivity index (χ0n) is 18.6. The van der Waals surface area contributed by atoms with E-state index in [0.717, 1.165) is 12.8 Å². The Kier molecular flexibility index (Phi) is 9.06. The van der Waals surface area contributed by atoms with E-state index in [4.69, 9.17) is 18.9 Å². The average Bonchev–Trinajstić information content (AvgIpc) is 3.18. The molecule has 5 atom stereocenters. The standard InChI is InChI=1S/C22H40O5S2/c1-5-6-7-8-9-10-12-22(28-13-11-14-29-22)15-16(23)17-18-19(20(24-4)25-17)27-21(2,3)26-18/h16-20,23H,5-15H2,1-4H3/t16-,17-,18+,19+,20+/m1/s1. The van der Waals surface area contributed by atoms with Crippen LogP contribution in [0.1, 0.15) is 78.6 Å². The van der Waals surface area contributed by atoms with Crippen molar-refractivity contribution in [1.29, 1.82) is 0 Å². The summed E-state index contributed by atoms with van der Waals surface area (Å²) in [4.78, 5) is 0. The van der Waals surface area contributed by atoms with Crippen molar-refractivity contribution in [3.05, 3.63) is 0 Å². The Morgan fingerprint density at radius 2 is 1.69 bits per heavy atom. The minimum absolute atomic E-state index is 0.0847. The molecule has 0 aromatic heterocycles. The van der Waals surface area contributed by atoms with E-state index in [-0.39, 0.29) is 16.3 Å². The van der Waals surface area contributed by atoms with Crippen LogP contribution in [0.3, 0.4) is 0 Å². The summed E-state index contributed by atoms with van der Waals surface area (Å²) in [6.45, 7) is 6.08. The van der Waals surface area contributed by atoms with Crippen molar-refractivity contribution >= 4 is 23.5 Å². The summed E-state index contributed by atoms with van der Waals surface area (Å²) in [5, 5.41) is 11.2. The topological polar surface area (TPSA) is 57.2 Å². The zero-order valence-corrected chi connectivity index (χ0v) is 20.2. The first-order valence-corrected chi connectivity index (χ1v) is 13.4. The summed E-state index contributed by atoms with van der Waals surface area (Å²) in [7, 11) is 1.62. The molecule has 0 aromatic rings. The van der Waals surface area contributed by atoms with Gasteiger partial charge in [-0.25, -0.2) is 0 Å². The minimum Gasteiger partial charge on any atom is -0.390 e. The van der Waals surface area contributed by atoms with Gasteiger partial charge in [0, 0.05) is 7.11 Å². The molecule has 3 fully saturated rings. The van der Waals surface area contributed by atoms with Gasteiger partial charge in [0.15, 0.2) is 12.1 Å². The Balaban J connectivity index is 1.58. The third kappa shape index (κ3) is 6.27. The predicted molar refractivity (Wildman–Crippen MR) is 120 cm³/mol. The fourth-order valence-electron chi connectivity index (χ4n) is 4.68.